The maximum Gasteiger partial charge on any atom is 0.0868 e. The number of fused-ring (bicyclic) bond motifs is 1. The van der Waals surface area contributed by atoms with Crippen LogP contribution in [0, 0.1) is 0 Å². The number of hydrogen-bond acceptors (Lipinski definition) is 2. The van der Waals surface area contributed by atoms with Crippen LogP contribution < -0.4 is 0 Å². The minimum absolute atomic E-state index is 0.537. The molecule has 0 radical (unpaired) electrons. The molecular weight excluding hydrogens is 270 g/mol. The standard InChI is InChI=1S/C19H31N3/c1-3-5-7-8-10-12-18(11-9-6-4-2)22-19-16-20-14-13-17(19)15-21-22/h13-16,18H,3-12H2,1-2H3. The summed E-state index contributed by atoms with van der Waals surface area (Å²) in [6.07, 6.45) is 18.9. The topological polar surface area (TPSA) is 30.7 Å². The summed E-state index contributed by atoms with van der Waals surface area (Å²) in [5.41, 5.74) is 1.19. The molecule has 2 heterocycles. The summed E-state index contributed by atoms with van der Waals surface area (Å²) in [7, 11) is 0. The highest BCUT2D eigenvalue weighted by Gasteiger charge is 2.14. The monoisotopic (exact) mass is 301 g/mol. The maximum atomic E-state index is 4.67. The first-order valence-electron chi connectivity index (χ1n) is 9.14. The van der Waals surface area contributed by atoms with Crippen LogP contribution in [-0.2, 0) is 0 Å². The van der Waals surface area contributed by atoms with Crippen molar-refractivity contribution in [1.82, 2.24) is 14.8 Å². The molecule has 0 bridgehead atoms. The summed E-state index contributed by atoms with van der Waals surface area (Å²) in [6, 6.07) is 2.60. The second-order valence-electron chi connectivity index (χ2n) is 6.38. The molecule has 0 amide bonds. The third-order valence-electron chi connectivity index (χ3n) is 4.53. The normalized spacial score (nSPS) is 12.8. The number of rotatable bonds is 11. The summed E-state index contributed by atoms with van der Waals surface area (Å²) in [5, 5.41) is 5.88. The van der Waals surface area contributed by atoms with Crippen LogP contribution in [0.2, 0.25) is 0 Å². The van der Waals surface area contributed by atoms with Gasteiger partial charge in [-0.1, -0.05) is 65.2 Å². The number of nitrogens with zero attached hydrogens (tertiary/aromatic N) is 3. The van der Waals surface area contributed by atoms with E-state index >= 15 is 0 Å². The third kappa shape index (κ3) is 4.82. The molecule has 0 saturated carbocycles. The Bertz CT molecular complexity index is 532. The van der Waals surface area contributed by atoms with E-state index in [9.17, 15) is 0 Å². The van der Waals surface area contributed by atoms with Gasteiger partial charge in [0.25, 0.3) is 0 Å². The Hall–Kier alpha value is -1.38. The van der Waals surface area contributed by atoms with E-state index in [0.29, 0.717) is 6.04 Å². The molecule has 1 unspecified atom stereocenters. The van der Waals surface area contributed by atoms with Gasteiger partial charge in [0.15, 0.2) is 0 Å². The van der Waals surface area contributed by atoms with Crippen molar-refractivity contribution in [2.24, 2.45) is 0 Å². The quantitative estimate of drug-likeness (QED) is 0.483. The van der Waals surface area contributed by atoms with Crippen LogP contribution in [0.1, 0.15) is 84.1 Å². The fraction of sp³-hybridized carbons (Fsp3) is 0.684. The van der Waals surface area contributed by atoms with Crippen molar-refractivity contribution < 1.29 is 0 Å². The van der Waals surface area contributed by atoms with E-state index in [-0.39, 0.29) is 0 Å². The minimum Gasteiger partial charge on any atom is -0.262 e. The van der Waals surface area contributed by atoms with E-state index < -0.39 is 0 Å². The molecule has 0 spiro atoms. The summed E-state index contributed by atoms with van der Waals surface area (Å²) < 4.78 is 2.23. The molecule has 0 aliphatic rings. The first-order valence-corrected chi connectivity index (χ1v) is 9.14. The Morgan fingerprint density at radius 3 is 2.36 bits per heavy atom. The number of pyridine rings is 1. The largest absolute Gasteiger partial charge is 0.262 e. The maximum absolute atomic E-state index is 4.67. The number of unbranched alkanes of at least 4 members (excludes halogenated alkanes) is 6. The van der Waals surface area contributed by atoms with Gasteiger partial charge < -0.3 is 0 Å². The van der Waals surface area contributed by atoms with Gasteiger partial charge in [-0.2, -0.15) is 5.10 Å². The molecule has 3 nitrogen and oxygen atoms in total. The Morgan fingerprint density at radius 1 is 0.909 bits per heavy atom. The smallest absolute Gasteiger partial charge is 0.0868 e. The van der Waals surface area contributed by atoms with Crippen LogP contribution in [-0.4, -0.2) is 14.8 Å². The molecule has 2 aromatic rings. The molecular formula is C19H31N3. The first-order chi connectivity index (χ1) is 10.9. The van der Waals surface area contributed by atoms with Crippen molar-refractivity contribution in [3.05, 3.63) is 24.7 Å². The van der Waals surface area contributed by atoms with E-state index in [2.05, 4.69) is 34.7 Å². The molecule has 0 fully saturated rings. The van der Waals surface area contributed by atoms with Crippen LogP contribution in [0.4, 0.5) is 0 Å². The molecule has 3 heteroatoms. The fourth-order valence-corrected chi connectivity index (χ4v) is 3.18. The SMILES string of the molecule is CCCCCCCC(CCCCC)n1ncc2ccncc21. The lowest BCUT2D eigenvalue weighted by Crippen LogP contribution is -2.11. The van der Waals surface area contributed by atoms with Crippen LogP contribution in [0.25, 0.3) is 10.9 Å². The number of aromatic nitrogens is 3. The second kappa shape index (κ2) is 9.60. The number of hydrogen-bond donors (Lipinski definition) is 0. The van der Waals surface area contributed by atoms with Gasteiger partial charge in [-0.15, -0.1) is 0 Å². The van der Waals surface area contributed by atoms with Crippen LogP contribution in [0.3, 0.4) is 0 Å². The van der Waals surface area contributed by atoms with Crippen molar-refractivity contribution >= 4 is 10.9 Å². The Balaban J connectivity index is 1.99. The summed E-state index contributed by atoms with van der Waals surface area (Å²) in [5.74, 6) is 0. The van der Waals surface area contributed by atoms with Gasteiger partial charge in [0.2, 0.25) is 0 Å². The summed E-state index contributed by atoms with van der Waals surface area (Å²) in [4.78, 5) is 4.28. The predicted octanol–water partition coefficient (Wildman–Crippen LogP) is 5.91. The molecule has 0 aliphatic carbocycles. The van der Waals surface area contributed by atoms with E-state index in [0.717, 1.165) is 0 Å². The fourth-order valence-electron chi connectivity index (χ4n) is 3.18. The van der Waals surface area contributed by atoms with E-state index in [1.165, 1.54) is 75.1 Å². The summed E-state index contributed by atoms with van der Waals surface area (Å²) >= 11 is 0. The Labute approximate surface area is 135 Å². The van der Waals surface area contributed by atoms with Gasteiger partial charge in [-0.05, 0) is 18.9 Å². The van der Waals surface area contributed by atoms with Gasteiger partial charge in [0.05, 0.1) is 24.0 Å². The minimum atomic E-state index is 0.537. The van der Waals surface area contributed by atoms with E-state index in [1.807, 2.05) is 18.6 Å². The highest BCUT2D eigenvalue weighted by molar-refractivity contribution is 5.77. The molecule has 0 aliphatic heterocycles. The molecule has 2 rings (SSSR count). The van der Waals surface area contributed by atoms with Gasteiger partial charge in [0, 0.05) is 11.6 Å². The average Bonchev–Trinajstić information content (AvgIpc) is 2.97. The van der Waals surface area contributed by atoms with Gasteiger partial charge >= 0.3 is 0 Å². The first kappa shape index (κ1) is 17.0. The highest BCUT2D eigenvalue weighted by Crippen LogP contribution is 2.26. The van der Waals surface area contributed by atoms with Crippen molar-refractivity contribution in [3.8, 4) is 0 Å². The van der Waals surface area contributed by atoms with Crippen LogP contribution >= 0.6 is 0 Å². The van der Waals surface area contributed by atoms with E-state index in [1.54, 1.807) is 0 Å². The third-order valence-corrected chi connectivity index (χ3v) is 4.53. The van der Waals surface area contributed by atoms with Crippen molar-refractivity contribution in [2.75, 3.05) is 0 Å². The Kier molecular flexibility index (Phi) is 7.41. The van der Waals surface area contributed by atoms with Crippen LogP contribution in [0.15, 0.2) is 24.7 Å². The van der Waals surface area contributed by atoms with Gasteiger partial charge in [-0.25, -0.2) is 0 Å². The second-order valence-corrected chi connectivity index (χ2v) is 6.38. The molecule has 1 atom stereocenters. The van der Waals surface area contributed by atoms with Crippen molar-refractivity contribution in [3.63, 3.8) is 0 Å². The van der Waals surface area contributed by atoms with Crippen molar-refractivity contribution in [1.29, 1.82) is 0 Å². The highest BCUT2D eigenvalue weighted by atomic mass is 15.3. The van der Waals surface area contributed by atoms with Crippen molar-refractivity contribution in [2.45, 2.75) is 84.1 Å². The molecule has 22 heavy (non-hydrogen) atoms. The zero-order chi connectivity index (χ0) is 15.6. The summed E-state index contributed by atoms with van der Waals surface area (Å²) in [6.45, 7) is 4.55. The van der Waals surface area contributed by atoms with Gasteiger partial charge in [0.1, 0.15) is 0 Å². The molecule has 0 N–H and O–H groups in total. The molecule has 0 aromatic carbocycles. The zero-order valence-electron chi connectivity index (χ0n) is 14.3. The van der Waals surface area contributed by atoms with E-state index in [4.69, 9.17) is 0 Å². The molecule has 122 valence electrons. The van der Waals surface area contributed by atoms with Crippen LogP contribution in [0.5, 0.6) is 0 Å². The zero-order valence-corrected chi connectivity index (χ0v) is 14.3. The van der Waals surface area contributed by atoms with Gasteiger partial charge in [-0.3, -0.25) is 9.67 Å². The average molecular weight is 301 g/mol. The molecule has 2 aromatic heterocycles. The lowest BCUT2D eigenvalue weighted by Gasteiger charge is -2.18. The predicted molar refractivity (Wildman–Crippen MR) is 94.1 cm³/mol. The lowest BCUT2D eigenvalue weighted by atomic mass is 10.0. The lowest BCUT2D eigenvalue weighted by molar-refractivity contribution is 0.378. The molecule has 0 saturated heterocycles. The Morgan fingerprint density at radius 2 is 1.59 bits per heavy atom.